The van der Waals surface area contributed by atoms with Gasteiger partial charge >= 0.3 is 0 Å². The number of carbonyl (C=O) groups excluding carboxylic acids is 1. The fourth-order valence-corrected chi connectivity index (χ4v) is 3.01. The number of aryl methyl sites for hydroxylation is 2. The summed E-state index contributed by atoms with van der Waals surface area (Å²) < 4.78 is 2.90. The van der Waals surface area contributed by atoms with Gasteiger partial charge in [-0.05, 0) is 43.7 Å². The van der Waals surface area contributed by atoms with E-state index in [2.05, 4.69) is 15.4 Å². The summed E-state index contributed by atoms with van der Waals surface area (Å²) in [4.78, 5) is 29.4. The van der Waals surface area contributed by atoms with Crippen molar-refractivity contribution >= 4 is 22.6 Å². The summed E-state index contributed by atoms with van der Waals surface area (Å²) in [5.74, 6) is -0.292. The second kappa shape index (κ2) is 7.11. The molecule has 7 heteroatoms. The molecule has 0 spiro atoms. The molecule has 2 aromatic carbocycles. The fraction of sp³-hybridized carbons (Fsp3) is 0.143. The number of nitrogens with zero attached hydrogens (tertiary/aromatic N) is 4. The average Bonchev–Trinajstić information content (AvgIpc) is 3.09. The molecule has 0 bridgehead atoms. The Hall–Kier alpha value is -3.74. The largest absolute Gasteiger partial charge is 0.325 e. The highest BCUT2D eigenvalue weighted by Crippen LogP contribution is 2.14. The van der Waals surface area contributed by atoms with E-state index in [9.17, 15) is 9.59 Å². The van der Waals surface area contributed by atoms with Crippen LogP contribution in [-0.2, 0) is 11.3 Å². The number of hydrogen-bond donors (Lipinski definition) is 1. The van der Waals surface area contributed by atoms with E-state index in [4.69, 9.17) is 0 Å². The first-order valence-corrected chi connectivity index (χ1v) is 8.88. The maximum Gasteiger partial charge on any atom is 0.264 e. The van der Waals surface area contributed by atoms with Crippen molar-refractivity contribution in [3.63, 3.8) is 0 Å². The first-order chi connectivity index (χ1) is 13.5. The van der Waals surface area contributed by atoms with E-state index in [0.717, 1.165) is 16.8 Å². The van der Waals surface area contributed by atoms with E-state index < -0.39 is 0 Å². The van der Waals surface area contributed by atoms with Gasteiger partial charge in [-0.15, -0.1) is 0 Å². The highest BCUT2D eigenvalue weighted by molar-refractivity contribution is 5.90. The maximum atomic E-state index is 12.8. The molecular weight excluding hydrogens is 354 g/mol. The summed E-state index contributed by atoms with van der Waals surface area (Å²) in [5.41, 5.74) is 3.85. The van der Waals surface area contributed by atoms with Crippen LogP contribution in [0.1, 0.15) is 11.1 Å². The van der Waals surface area contributed by atoms with E-state index in [1.165, 1.54) is 17.1 Å². The zero-order valence-electron chi connectivity index (χ0n) is 15.6. The van der Waals surface area contributed by atoms with Crippen molar-refractivity contribution in [1.82, 2.24) is 19.3 Å². The number of benzene rings is 2. The number of fused-ring (bicyclic) bond motifs is 1. The number of carbonyl (C=O) groups is 1. The lowest BCUT2D eigenvalue weighted by atomic mass is 10.2. The minimum Gasteiger partial charge on any atom is -0.325 e. The number of rotatable bonds is 4. The van der Waals surface area contributed by atoms with Gasteiger partial charge in [0.15, 0.2) is 5.65 Å². The van der Waals surface area contributed by atoms with Gasteiger partial charge in [-0.25, -0.2) is 9.67 Å². The summed E-state index contributed by atoms with van der Waals surface area (Å²) in [7, 11) is 0. The fourth-order valence-electron chi connectivity index (χ4n) is 3.01. The topological polar surface area (TPSA) is 81.8 Å². The van der Waals surface area contributed by atoms with Gasteiger partial charge in [0, 0.05) is 5.69 Å². The molecule has 0 atom stereocenters. The van der Waals surface area contributed by atoms with E-state index in [0.29, 0.717) is 16.7 Å². The molecule has 0 saturated heterocycles. The lowest BCUT2D eigenvalue weighted by molar-refractivity contribution is -0.116. The number of amides is 1. The summed E-state index contributed by atoms with van der Waals surface area (Å²) in [5, 5.41) is 7.46. The molecular formula is C21H19N5O2. The summed E-state index contributed by atoms with van der Waals surface area (Å²) in [6.07, 6.45) is 2.87. The highest BCUT2D eigenvalue weighted by Gasteiger charge is 2.13. The lowest BCUT2D eigenvalue weighted by Crippen LogP contribution is -2.27. The monoisotopic (exact) mass is 373 g/mol. The minimum atomic E-state index is -0.303. The van der Waals surface area contributed by atoms with Gasteiger partial charge in [0.1, 0.15) is 18.3 Å². The lowest BCUT2D eigenvalue weighted by Gasteiger charge is -2.08. The molecule has 0 fully saturated rings. The molecule has 0 radical (unpaired) electrons. The van der Waals surface area contributed by atoms with Crippen LogP contribution < -0.4 is 10.9 Å². The van der Waals surface area contributed by atoms with Crippen LogP contribution >= 0.6 is 0 Å². The second-order valence-corrected chi connectivity index (χ2v) is 6.72. The Bertz CT molecular complexity index is 1220. The third kappa shape index (κ3) is 3.42. The second-order valence-electron chi connectivity index (χ2n) is 6.72. The highest BCUT2D eigenvalue weighted by atomic mass is 16.2. The third-order valence-electron chi connectivity index (χ3n) is 4.45. The molecule has 0 aliphatic rings. The smallest absolute Gasteiger partial charge is 0.264 e. The van der Waals surface area contributed by atoms with E-state index >= 15 is 0 Å². The van der Waals surface area contributed by atoms with Crippen molar-refractivity contribution in [2.75, 3.05) is 5.32 Å². The van der Waals surface area contributed by atoms with Gasteiger partial charge in [-0.1, -0.05) is 29.8 Å². The van der Waals surface area contributed by atoms with Crippen LogP contribution in [0.4, 0.5) is 5.69 Å². The van der Waals surface area contributed by atoms with Crippen molar-refractivity contribution < 1.29 is 4.79 Å². The molecule has 28 heavy (non-hydrogen) atoms. The van der Waals surface area contributed by atoms with Crippen molar-refractivity contribution in [1.29, 1.82) is 0 Å². The van der Waals surface area contributed by atoms with Crippen LogP contribution in [0, 0.1) is 13.8 Å². The van der Waals surface area contributed by atoms with E-state index in [-0.39, 0.29) is 18.0 Å². The first-order valence-electron chi connectivity index (χ1n) is 8.88. The molecule has 1 amide bonds. The Balaban J connectivity index is 1.61. The normalized spacial score (nSPS) is 10.9. The molecule has 1 N–H and O–H groups in total. The maximum absolute atomic E-state index is 12.8. The van der Waals surface area contributed by atoms with Crippen molar-refractivity contribution in [2.24, 2.45) is 0 Å². The molecule has 0 saturated carbocycles. The van der Waals surface area contributed by atoms with Crippen molar-refractivity contribution in [2.45, 2.75) is 20.4 Å². The number of nitrogens with one attached hydrogen (secondary N) is 1. The quantitative estimate of drug-likeness (QED) is 0.596. The molecule has 140 valence electrons. The molecule has 2 aromatic heterocycles. The first kappa shape index (κ1) is 17.7. The molecule has 4 aromatic rings. The van der Waals surface area contributed by atoms with Gasteiger partial charge in [0.2, 0.25) is 5.91 Å². The Morgan fingerprint density at radius 3 is 2.61 bits per heavy atom. The van der Waals surface area contributed by atoms with Crippen LogP contribution in [0.2, 0.25) is 0 Å². The Morgan fingerprint density at radius 2 is 1.86 bits per heavy atom. The molecule has 7 nitrogen and oxygen atoms in total. The van der Waals surface area contributed by atoms with Gasteiger partial charge in [0.05, 0.1) is 11.9 Å². The van der Waals surface area contributed by atoms with Crippen molar-refractivity contribution in [3.8, 4) is 5.69 Å². The van der Waals surface area contributed by atoms with Gasteiger partial charge in [-0.2, -0.15) is 5.10 Å². The SMILES string of the molecule is Cc1ccc(-n2ncc3c(=O)n(CC(=O)Nc4cccc(C)c4)cnc32)cc1. The van der Waals surface area contributed by atoms with Gasteiger partial charge in [-0.3, -0.25) is 14.2 Å². The van der Waals surface area contributed by atoms with Gasteiger partial charge in [0.25, 0.3) is 5.56 Å². The number of hydrogen-bond acceptors (Lipinski definition) is 4. The van der Waals surface area contributed by atoms with Crippen molar-refractivity contribution in [3.05, 3.63) is 82.5 Å². The van der Waals surface area contributed by atoms with Crippen LogP contribution in [0.5, 0.6) is 0 Å². The zero-order valence-corrected chi connectivity index (χ0v) is 15.6. The van der Waals surface area contributed by atoms with Crippen LogP contribution in [0.25, 0.3) is 16.7 Å². The van der Waals surface area contributed by atoms with E-state index in [1.807, 2.05) is 56.3 Å². The number of aromatic nitrogens is 4. The number of anilines is 1. The zero-order chi connectivity index (χ0) is 19.7. The summed E-state index contributed by atoms with van der Waals surface area (Å²) in [6, 6.07) is 15.3. The predicted octanol–water partition coefficient (Wildman–Crippen LogP) is 2.84. The Labute approximate surface area is 161 Å². The molecule has 4 rings (SSSR count). The van der Waals surface area contributed by atoms with Crippen LogP contribution in [0.15, 0.2) is 65.8 Å². The standard InChI is InChI=1S/C21H19N5O2/c1-14-6-8-17(9-7-14)26-20-18(11-23-26)21(28)25(13-22-20)12-19(27)24-16-5-3-4-15(2)10-16/h3-11,13H,12H2,1-2H3,(H,24,27). The van der Waals surface area contributed by atoms with Crippen LogP contribution in [-0.4, -0.2) is 25.2 Å². The molecule has 0 aliphatic carbocycles. The Morgan fingerprint density at radius 1 is 1.07 bits per heavy atom. The minimum absolute atomic E-state index is 0.120. The van der Waals surface area contributed by atoms with Crippen LogP contribution in [0.3, 0.4) is 0 Å². The average molecular weight is 373 g/mol. The molecule has 0 aliphatic heterocycles. The molecule has 2 heterocycles. The summed E-state index contributed by atoms with van der Waals surface area (Å²) in [6.45, 7) is 3.83. The summed E-state index contributed by atoms with van der Waals surface area (Å²) >= 11 is 0. The third-order valence-corrected chi connectivity index (χ3v) is 4.45. The predicted molar refractivity (Wildman–Crippen MR) is 108 cm³/mol. The van der Waals surface area contributed by atoms with E-state index in [1.54, 1.807) is 10.7 Å². The molecule has 0 unspecified atom stereocenters. The van der Waals surface area contributed by atoms with Gasteiger partial charge < -0.3 is 5.32 Å². The Kier molecular flexibility index (Phi) is 4.49.